The molecule has 2 aromatic rings. The second kappa shape index (κ2) is 4.13. The van der Waals surface area contributed by atoms with Crippen molar-refractivity contribution in [2.45, 2.75) is 6.92 Å². The van der Waals surface area contributed by atoms with E-state index in [1.807, 2.05) is 0 Å². The smallest absolute Gasteiger partial charge is 0.146 e. The van der Waals surface area contributed by atoms with E-state index in [2.05, 4.69) is 0 Å². The predicted octanol–water partition coefficient (Wildman–Crippen LogP) is 3.66. The molecule has 0 aromatic heterocycles. The van der Waals surface area contributed by atoms with E-state index >= 15 is 0 Å². The lowest BCUT2D eigenvalue weighted by Crippen LogP contribution is -1.96. The van der Waals surface area contributed by atoms with Crippen molar-refractivity contribution in [1.29, 1.82) is 0 Å². The van der Waals surface area contributed by atoms with E-state index in [4.69, 9.17) is 5.73 Å². The van der Waals surface area contributed by atoms with Gasteiger partial charge in [-0.25, -0.2) is 13.2 Å². The van der Waals surface area contributed by atoms with E-state index in [0.29, 0.717) is 5.56 Å². The molecule has 0 amide bonds. The Labute approximate surface area is 96.7 Å². The van der Waals surface area contributed by atoms with Crippen LogP contribution in [-0.2, 0) is 0 Å². The average Bonchev–Trinajstić information content (AvgIpc) is 2.28. The predicted molar refractivity (Wildman–Crippen MR) is 60.9 cm³/mol. The lowest BCUT2D eigenvalue weighted by Gasteiger charge is -2.09. The standard InChI is InChI=1S/C13H10F3N/c1-7-8(3-2-4-10(7)14)9-5-12(16)13(17)6-11(9)15/h2-6H,17H2,1H3. The molecule has 17 heavy (non-hydrogen) atoms. The minimum Gasteiger partial charge on any atom is -0.396 e. The van der Waals surface area contributed by atoms with Crippen molar-refractivity contribution in [3.8, 4) is 11.1 Å². The van der Waals surface area contributed by atoms with E-state index in [0.717, 1.165) is 12.1 Å². The van der Waals surface area contributed by atoms with Crippen LogP contribution < -0.4 is 5.73 Å². The molecule has 0 fully saturated rings. The number of halogens is 3. The number of anilines is 1. The van der Waals surface area contributed by atoms with Gasteiger partial charge in [0.2, 0.25) is 0 Å². The summed E-state index contributed by atoms with van der Waals surface area (Å²) < 4.78 is 40.3. The molecule has 4 heteroatoms. The number of benzene rings is 2. The average molecular weight is 237 g/mol. The zero-order valence-corrected chi connectivity index (χ0v) is 9.10. The third-order valence-corrected chi connectivity index (χ3v) is 2.64. The van der Waals surface area contributed by atoms with Crippen molar-refractivity contribution >= 4 is 5.69 Å². The second-order valence-corrected chi connectivity index (χ2v) is 3.77. The molecular weight excluding hydrogens is 227 g/mol. The summed E-state index contributed by atoms with van der Waals surface area (Å²) in [5, 5.41) is 0. The maximum atomic E-state index is 13.7. The van der Waals surface area contributed by atoms with Crippen LogP contribution in [0.1, 0.15) is 5.56 Å². The molecule has 0 aliphatic rings. The maximum Gasteiger partial charge on any atom is 0.146 e. The van der Waals surface area contributed by atoms with E-state index in [9.17, 15) is 13.2 Å². The lowest BCUT2D eigenvalue weighted by molar-refractivity contribution is 0.605. The lowest BCUT2D eigenvalue weighted by atomic mass is 9.99. The van der Waals surface area contributed by atoms with Crippen LogP contribution >= 0.6 is 0 Å². The third kappa shape index (κ3) is 1.98. The largest absolute Gasteiger partial charge is 0.396 e. The molecule has 2 N–H and O–H groups in total. The van der Waals surface area contributed by atoms with Gasteiger partial charge in [0.25, 0.3) is 0 Å². The summed E-state index contributed by atoms with van der Waals surface area (Å²) in [6.45, 7) is 1.51. The van der Waals surface area contributed by atoms with Gasteiger partial charge in [-0.3, -0.25) is 0 Å². The fraction of sp³-hybridized carbons (Fsp3) is 0.0769. The molecule has 0 aliphatic heterocycles. The summed E-state index contributed by atoms with van der Waals surface area (Å²) in [5.41, 5.74) is 5.59. The molecule has 0 radical (unpaired) electrons. The molecule has 88 valence electrons. The van der Waals surface area contributed by atoms with Crippen molar-refractivity contribution in [2.24, 2.45) is 0 Å². The molecular formula is C13H10F3N. The first-order chi connectivity index (χ1) is 8.00. The molecule has 0 spiro atoms. The van der Waals surface area contributed by atoms with Crippen molar-refractivity contribution in [2.75, 3.05) is 5.73 Å². The number of hydrogen-bond donors (Lipinski definition) is 1. The Hall–Kier alpha value is -1.97. The molecule has 0 bridgehead atoms. The number of rotatable bonds is 1. The van der Waals surface area contributed by atoms with Gasteiger partial charge in [-0.1, -0.05) is 12.1 Å². The Bertz CT molecular complexity index is 579. The second-order valence-electron chi connectivity index (χ2n) is 3.77. The Kier molecular flexibility index (Phi) is 2.79. The zero-order valence-electron chi connectivity index (χ0n) is 9.10. The highest BCUT2D eigenvalue weighted by atomic mass is 19.1. The van der Waals surface area contributed by atoms with Crippen molar-refractivity contribution in [1.82, 2.24) is 0 Å². The van der Waals surface area contributed by atoms with Gasteiger partial charge in [0.15, 0.2) is 0 Å². The topological polar surface area (TPSA) is 26.0 Å². The third-order valence-electron chi connectivity index (χ3n) is 2.64. The summed E-state index contributed by atoms with van der Waals surface area (Å²) in [6, 6.07) is 6.13. The first kappa shape index (κ1) is 11.5. The van der Waals surface area contributed by atoms with Gasteiger partial charge in [-0.2, -0.15) is 0 Å². The number of nitrogen functional groups attached to an aromatic ring is 1. The molecule has 1 nitrogen and oxygen atoms in total. The molecule has 0 heterocycles. The van der Waals surface area contributed by atoms with Gasteiger partial charge >= 0.3 is 0 Å². The Morgan fingerprint density at radius 1 is 0.882 bits per heavy atom. The fourth-order valence-corrected chi connectivity index (χ4v) is 1.67. The minimum absolute atomic E-state index is 0.00806. The molecule has 0 atom stereocenters. The van der Waals surface area contributed by atoms with Crippen LogP contribution in [0.4, 0.5) is 18.9 Å². The van der Waals surface area contributed by atoms with Crippen LogP contribution in [0.25, 0.3) is 11.1 Å². The van der Waals surface area contributed by atoms with Crippen molar-refractivity contribution in [3.05, 3.63) is 53.3 Å². The zero-order chi connectivity index (χ0) is 12.6. The first-order valence-electron chi connectivity index (χ1n) is 5.00. The van der Waals surface area contributed by atoms with Gasteiger partial charge in [0.05, 0.1) is 5.69 Å². The quantitative estimate of drug-likeness (QED) is 0.752. The molecule has 0 unspecified atom stereocenters. The van der Waals surface area contributed by atoms with Crippen LogP contribution in [0.3, 0.4) is 0 Å². The number of hydrogen-bond acceptors (Lipinski definition) is 1. The Balaban J connectivity index is 2.69. The highest BCUT2D eigenvalue weighted by Crippen LogP contribution is 2.29. The maximum absolute atomic E-state index is 13.7. The van der Waals surface area contributed by atoms with E-state index in [1.54, 1.807) is 0 Å². The van der Waals surface area contributed by atoms with Crippen LogP contribution in [0.15, 0.2) is 30.3 Å². The highest BCUT2D eigenvalue weighted by Gasteiger charge is 2.13. The van der Waals surface area contributed by atoms with E-state index in [1.165, 1.54) is 25.1 Å². The normalized spacial score (nSPS) is 10.6. The molecule has 2 aromatic carbocycles. The van der Waals surface area contributed by atoms with E-state index in [-0.39, 0.29) is 16.8 Å². The Morgan fingerprint density at radius 2 is 1.59 bits per heavy atom. The monoisotopic (exact) mass is 237 g/mol. The summed E-state index contributed by atoms with van der Waals surface area (Å²) in [4.78, 5) is 0. The SMILES string of the molecule is Cc1c(F)cccc1-c1cc(F)c(N)cc1F. The summed E-state index contributed by atoms with van der Waals surface area (Å²) >= 11 is 0. The van der Waals surface area contributed by atoms with Gasteiger partial charge < -0.3 is 5.73 Å². The number of nitrogens with two attached hydrogens (primary N) is 1. The Morgan fingerprint density at radius 3 is 2.29 bits per heavy atom. The molecule has 0 saturated heterocycles. The van der Waals surface area contributed by atoms with Crippen LogP contribution in [0.2, 0.25) is 0 Å². The van der Waals surface area contributed by atoms with E-state index < -0.39 is 17.5 Å². The van der Waals surface area contributed by atoms with Crippen LogP contribution in [-0.4, -0.2) is 0 Å². The van der Waals surface area contributed by atoms with Gasteiger partial charge in [-0.05, 0) is 30.2 Å². The molecule has 2 rings (SSSR count). The van der Waals surface area contributed by atoms with Gasteiger partial charge in [-0.15, -0.1) is 0 Å². The highest BCUT2D eigenvalue weighted by molar-refractivity contribution is 5.69. The van der Waals surface area contributed by atoms with Crippen LogP contribution in [0, 0.1) is 24.4 Å². The first-order valence-corrected chi connectivity index (χ1v) is 5.00. The van der Waals surface area contributed by atoms with Crippen molar-refractivity contribution in [3.63, 3.8) is 0 Å². The summed E-state index contributed by atoms with van der Waals surface area (Å²) in [5.74, 6) is -1.85. The van der Waals surface area contributed by atoms with Crippen molar-refractivity contribution < 1.29 is 13.2 Å². The molecule has 0 aliphatic carbocycles. The van der Waals surface area contributed by atoms with Gasteiger partial charge in [0, 0.05) is 11.6 Å². The van der Waals surface area contributed by atoms with Gasteiger partial charge in [0.1, 0.15) is 17.5 Å². The summed E-state index contributed by atoms with van der Waals surface area (Å²) in [7, 11) is 0. The minimum atomic E-state index is -0.718. The van der Waals surface area contributed by atoms with Crippen LogP contribution in [0.5, 0.6) is 0 Å². The fourth-order valence-electron chi connectivity index (χ4n) is 1.67. The summed E-state index contributed by atoms with van der Waals surface area (Å²) in [6.07, 6.45) is 0. The molecule has 0 saturated carbocycles.